The lowest BCUT2D eigenvalue weighted by Gasteiger charge is -2.19. The smallest absolute Gasteiger partial charge is 0.329 e. The lowest BCUT2D eigenvalue weighted by Crippen LogP contribution is -2.23. The van der Waals surface area contributed by atoms with Gasteiger partial charge in [-0.05, 0) is 24.6 Å². The molecule has 1 heterocycles. The summed E-state index contributed by atoms with van der Waals surface area (Å²) in [7, 11) is 1.39. The molecule has 112 valence electrons. The second-order valence-corrected chi connectivity index (χ2v) is 5.64. The molecule has 0 saturated carbocycles. The maximum absolute atomic E-state index is 12.2. The van der Waals surface area contributed by atoms with E-state index in [1.54, 1.807) is 4.57 Å². The van der Waals surface area contributed by atoms with Crippen LogP contribution in [0, 0.1) is 10.7 Å². The van der Waals surface area contributed by atoms with Crippen molar-refractivity contribution in [2.75, 3.05) is 7.11 Å². The van der Waals surface area contributed by atoms with Gasteiger partial charge in [0.1, 0.15) is 6.04 Å². The molecule has 0 aliphatic heterocycles. The zero-order chi connectivity index (χ0) is 15.4. The molecule has 1 N–H and O–H groups in total. The van der Waals surface area contributed by atoms with Crippen LogP contribution in [0.15, 0.2) is 30.3 Å². The standard InChI is InChI=1S/C15H19N3O2S/c1-10(2)9-12(14(19)20-3)18-13(16-17-15(18)21)11-7-5-4-6-8-11/h4-8,10,12H,9H2,1-3H3,(H,17,21). The fraction of sp³-hybridized carbons (Fsp3) is 0.400. The van der Waals surface area contributed by atoms with E-state index in [1.807, 2.05) is 30.3 Å². The average molecular weight is 305 g/mol. The highest BCUT2D eigenvalue weighted by Gasteiger charge is 2.26. The minimum Gasteiger partial charge on any atom is -0.467 e. The maximum atomic E-state index is 12.2. The van der Waals surface area contributed by atoms with Crippen molar-refractivity contribution in [2.45, 2.75) is 26.3 Å². The Hall–Kier alpha value is -1.95. The minimum absolute atomic E-state index is 0.307. The number of hydrogen-bond donors (Lipinski definition) is 1. The van der Waals surface area contributed by atoms with Gasteiger partial charge < -0.3 is 4.74 Å². The number of aromatic amines is 1. The van der Waals surface area contributed by atoms with Crippen LogP contribution in [0.3, 0.4) is 0 Å². The van der Waals surface area contributed by atoms with Gasteiger partial charge in [-0.25, -0.2) is 4.79 Å². The van der Waals surface area contributed by atoms with Crippen LogP contribution in [0.25, 0.3) is 11.4 Å². The molecule has 2 rings (SSSR count). The zero-order valence-electron chi connectivity index (χ0n) is 12.4. The van der Waals surface area contributed by atoms with E-state index in [-0.39, 0.29) is 5.97 Å². The van der Waals surface area contributed by atoms with Crippen LogP contribution in [0.5, 0.6) is 0 Å². The number of esters is 1. The average Bonchev–Trinajstić information content (AvgIpc) is 2.86. The number of carbonyl (C=O) groups excluding carboxylic acids is 1. The van der Waals surface area contributed by atoms with E-state index in [0.29, 0.717) is 22.9 Å². The molecule has 21 heavy (non-hydrogen) atoms. The summed E-state index contributed by atoms with van der Waals surface area (Å²) < 4.78 is 7.10. The number of H-pyrrole nitrogens is 1. The summed E-state index contributed by atoms with van der Waals surface area (Å²) in [4.78, 5) is 12.2. The Labute approximate surface area is 129 Å². The number of nitrogens with one attached hydrogen (secondary N) is 1. The first-order valence-electron chi connectivity index (χ1n) is 6.84. The number of hydrogen-bond acceptors (Lipinski definition) is 4. The molecule has 0 bridgehead atoms. The topological polar surface area (TPSA) is 59.9 Å². The summed E-state index contributed by atoms with van der Waals surface area (Å²) >= 11 is 5.31. The van der Waals surface area contributed by atoms with E-state index in [2.05, 4.69) is 24.0 Å². The molecule has 0 spiro atoms. The van der Waals surface area contributed by atoms with E-state index in [9.17, 15) is 4.79 Å². The first-order chi connectivity index (χ1) is 10.0. The summed E-state index contributed by atoms with van der Waals surface area (Å²) in [6.45, 7) is 4.11. The van der Waals surface area contributed by atoms with E-state index in [4.69, 9.17) is 17.0 Å². The molecular formula is C15H19N3O2S. The fourth-order valence-corrected chi connectivity index (χ4v) is 2.53. The number of benzene rings is 1. The normalized spacial score (nSPS) is 12.4. The highest BCUT2D eigenvalue weighted by molar-refractivity contribution is 7.71. The van der Waals surface area contributed by atoms with Crippen LogP contribution in [0.1, 0.15) is 26.3 Å². The lowest BCUT2D eigenvalue weighted by atomic mass is 10.0. The van der Waals surface area contributed by atoms with Gasteiger partial charge in [0, 0.05) is 5.56 Å². The molecule has 0 aliphatic carbocycles. The summed E-state index contributed by atoms with van der Waals surface area (Å²) in [5.41, 5.74) is 0.905. The predicted octanol–water partition coefficient (Wildman–Crippen LogP) is 3.37. The second kappa shape index (κ2) is 6.67. The summed E-state index contributed by atoms with van der Waals surface area (Å²) in [5, 5.41) is 7.05. The molecular weight excluding hydrogens is 286 g/mol. The van der Waals surface area contributed by atoms with Crippen molar-refractivity contribution in [1.82, 2.24) is 14.8 Å². The molecule has 1 unspecified atom stereocenters. The molecule has 1 atom stereocenters. The first kappa shape index (κ1) is 15.4. The van der Waals surface area contributed by atoms with Gasteiger partial charge in [-0.1, -0.05) is 44.2 Å². The number of carbonyl (C=O) groups is 1. The highest BCUT2D eigenvalue weighted by atomic mass is 32.1. The number of rotatable bonds is 5. The van der Waals surface area contributed by atoms with Gasteiger partial charge in [0.2, 0.25) is 0 Å². The minimum atomic E-state index is -0.476. The summed E-state index contributed by atoms with van der Waals surface area (Å²) in [6, 6.07) is 9.17. The number of methoxy groups -OCH3 is 1. The Morgan fingerprint density at radius 3 is 2.62 bits per heavy atom. The quantitative estimate of drug-likeness (QED) is 0.679. The van der Waals surface area contributed by atoms with E-state index in [1.165, 1.54) is 7.11 Å². The van der Waals surface area contributed by atoms with Crippen molar-refractivity contribution in [3.8, 4) is 11.4 Å². The van der Waals surface area contributed by atoms with Gasteiger partial charge in [-0.2, -0.15) is 5.10 Å². The third-order valence-electron chi connectivity index (χ3n) is 3.22. The van der Waals surface area contributed by atoms with Crippen LogP contribution in [-0.4, -0.2) is 27.8 Å². The predicted molar refractivity (Wildman–Crippen MR) is 83.4 cm³/mol. The van der Waals surface area contributed by atoms with Gasteiger partial charge in [0.15, 0.2) is 10.6 Å². The second-order valence-electron chi connectivity index (χ2n) is 5.26. The van der Waals surface area contributed by atoms with Crippen molar-refractivity contribution in [1.29, 1.82) is 0 Å². The van der Waals surface area contributed by atoms with Gasteiger partial charge in [0.05, 0.1) is 7.11 Å². The molecule has 1 aromatic heterocycles. The number of ether oxygens (including phenoxy) is 1. The third kappa shape index (κ3) is 3.39. The SMILES string of the molecule is COC(=O)C(CC(C)C)n1c(-c2ccccc2)n[nH]c1=S. The van der Waals surface area contributed by atoms with E-state index < -0.39 is 6.04 Å². The van der Waals surface area contributed by atoms with Crippen LogP contribution in [0.4, 0.5) is 0 Å². The largest absolute Gasteiger partial charge is 0.467 e. The molecule has 6 heteroatoms. The fourth-order valence-electron chi connectivity index (χ4n) is 2.27. The van der Waals surface area contributed by atoms with Gasteiger partial charge >= 0.3 is 5.97 Å². The molecule has 0 amide bonds. The van der Waals surface area contributed by atoms with Crippen molar-refractivity contribution in [2.24, 2.45) is 5.92 Å². The third-order valence-corrected chi connectivity index (χ3v) is 3.50. The summed E-state index contributed by atoms with van der Waals surface area (Å²) in [5.74, 6) is 0.671. The molecule has 0 aliphatic rings. The maximum Gasteiger partial charge on any atom is 0.329 e. The lowest BCUT2D eigenvalue weighted by molar-refractivity contribution is -0.145. The first-order valence-corrected chi connectivity index (χ1v) is 7.25. The highest BCUT2D eigenvalue weighted by Crippen LogP contribution is 2.26. The van der Waals surface area contributed by atoms with Gasteiger partial charge in [-0.3, -0.25) is 9.67 Å². The van der Waals surface area contributed by atoms with E-state index in [0.717, 1.165) is 5.56 Å². The van der Waals surface area contributed by atoms with Gasteiger partial charge in [-0.15, -0.1) is 0 Å². The molecule has 0 saturated heterocycles. The number of nitrogens with zero attached hydrogens (tertiary/aromatic N) is 2. The Morgan fingerprint density at radius 1 is 1.38 bits per heavy atom. The number of aromatic nitrogens is 3. The Balaban J connectivity index is 2.53. The van der Waals surface area contributed by atoms with Gasteiger partial charge in [0.25, 0.3) is 0 Å². The van der Waals surface area contributed by atoms with Crippen LogP contribution >= 0.6 is 12.2 Å². The Morgan fingerprint density at radius 2 is 2.05 bits per heavy atom. The van der Waals surface area contributed by atoms with E-state index >= 15 is 0 Å². The molecule has 0 fully saturated rings. The molecule has 5 nitrogen and oxygen atoms in total. The van der Waals surface area contributed by atoms with Crippen molar-refractivity contribution in [3.63, 3.8) is 0 Å². The summed E-state index contributed by atoms with van der Waals surface area (Å²) in [6.07, 6.45) is 0.639. The Bertz CT molecular complexity index is 661. The molecule has 0 radical (unpaired) electrons. The molecule has 2 aromatic rings. The van der Waals surface area contributed by atoms with Crippen LogP contribution < -0.4 is 0 Å². The molecule has 1 aromatic carbocycles. The van der Waals surface area contributed by atoms with Crippen LogP contribution in [-0.2, 0) is 9.53 Å². The zero-order valence-corrected chi connectivity index (χ0v) is 13.2. The van der Waals surface area contributed by atoms with Crippen molar-refractivity contribution in [3.05, 3.63) is 35.1 Å². The van der Waals surface area contributed by atoms with Crippen LogP contribution in [0.2, 0.25) is 0 Å². The monoisotopic (exact) mass is 305 g/mol. The Kier molecular flexibility index (Phi) is 4.90. The van der Waals surface area contributed by atoms with Crippen molar-refractivity contribution < 1.29 is 9.53 Å². The van der Waals surface area contributed by atoms with Crippen molar-refractivity contribution >= 4 is 18.2 Å².